The van der Waals surface area contributed by atoms with Gasteiger partial charge < -0.3 is 4.74 Å². The molecule has 0 aromatic heterocycles. The maximum absolute atomic E-state index is 6.06. The fraction of sp³-hybridized carbons (Fsp3) is 0.0435. The van der Waals surface area contributed by atoms with Crippen LogP contribution in [0.15, 0.2) is 91.0 Å². The SMILES string of the molecule is C(#C[C@@H]1C=C(c2ccccc2)c2ccccc2O1)c1ccccc1. The van der Waals surface area contributed by atoms with E-state index in [9.17, 15) is 0 Å². The zero-order valence-electron chi connectivity index (χ0n) is 13.1. The summed E-state index contributed by atoms with van der Waals surface area (Å²) in [6.45, 7) is 0. The summed E-state index contributed by atoms with van der Waals surface area (Å²) < 4.78 is 6.06. The Kier molecular flexibility index (Phi) is 3.88. The van der Waals surface area contributed by atoms with Gasteiger partial charge in [-0.25, -0.2) is 0 Å². The average molecular weight is 308 g/mol. The fourth-order valence-electron chi connectivity index (χ4n) is 2.82. The van der Waals surface area contributed by atoms with Crippen molar-refractivity contribution in [2.45, 2.75) is 6.10 Å². The van der Waals surface area contributed by atoms with Crippen LogP contribution in [0.3, 0.4) is 0 Å². The molecule has 0 saturated carbocycles. The lowest BCUT2D eigenvalue weighted by Crippen LogP contribution is -2.17. The summed E-state index contributed by atoms with van der Waals surface area (Å²) in [5, 5.41) is 0. The first-order valence-corrected chi connectivity index (χ1v) is 8.00. The molecule has 0 unspecified atom stereocenters. The maximum atomic E-state index is 6.06. The number of fused-ring (bicyclic) bond motifs is 1. The van der Waals surface area contributed by atoms with Crippen molar-refractivity contribution < 1.29 is 4.74 Å². The van der Waals surface area contributed by atoms with Crippen LogP contribution in [0.2, 0.25) is 0 Å². The molecule has 0 saturated heterocycles. The summed E-state index contributed by atoms with van der Waals surface area (Å²) in [6, 6.07) is 28.5. The minimum absolute atomic E-state index is 0.254. The molecule has 4 rings (SSSR count). The molecule has 0 radical (unpaired) electrons. The summed E-state index contributed by atoms with van der Waals surface area (Å²) in [4.78, 5) is 0. The zero-order valence-corrected chi connectivity index (χ0v) is 13.1. The van der Waals surface area contributed by atoms with Crippen LogP contribution in [0, 0.1) is 11.8 Å². The van der Waals surface area contributed by atoms with Crippen LogP contribution in [-0.4, -0.2) is 6.10 Å². The molecule has 0 amide bonds. The van der Waals surface area contributed by atoms with Crippen LogP contribution in [-0.2, 0) is 0 Å². The van der Waals surface area contributed by atoms with Gasteiger partial charge in [0.05, 0.1) is 0 Å². The smallest absolute Gasteiger partial charge is 0.178 e. The molecule has 0 bridgehead atoms. The Morgan fingerprint density at radius 2 is 1.38 bits per heavy atom. The molecule has 0 fully saturated rings. The van der Waals surface area contributed by atoms with Crippen LogP contribution in [0.5, 0.6) is 5.75 Å². The topological polar surface area (TPSA) is 9.23 Å². The van der Waals surface area contributed by atoms with Crippen molar-refractivity contribution in [1.29, 1.82) is 0 Å². The molecule has 114 valence electrons. The second-order valence-electron chi connectivity index (χ2n) is 5.62. The monoisotopic (exact) mass is 308 g/mol. The average Bonchev–Trinajstić information content (AvgIpc) is 2.67. The number of hydrogen-bond acceptors (Lipinski definition) is 1. The highest BCUT2D eigenvalue weighted by Gasteiger charge is 2.19. The van der Waals surface area contributed by atoms with Gasteiger partial charge in [0.2, 0.25) is 0 Å². The van der Waals surface area contributed by atoms with E-state index in [1.54, 1.807) is 0 Å². The molecule has 1 aliphatic rings. The molecule has 0 spiro atoms. The first kappa shape index (κ1) is 14.4. The van der Waals surface area contributed by atoms with Gasteiger partial charge in [-0.3, -0.25) is 0 Å². The molecule has 1 atom stereocenters. The molecule has 1 heterocycles. The van der Waals surface area contributed by atoms with Gasteiger partial charge in [0.25, 0.3) is 0 Å². The minimum atomic E-state index is -0.254. The van der Waals surface area contributed by atoms with Crippen molar-refractivity contribution in [3.8, 4) is 17.6 Å². The lowest BCUT2D eigenvalue weighted by Gasteiger charge is -2.22. The van der Waals surface area contributed by atoms with Crippen LogP contribution in [0.1, 0.15) is 16.7 Å². The Morgan fingerprint density at radius 1 is 0.708 bits per heavy atom. The Balaban J connectivity index is 1.75. The highest BCUT2D eigenvalue weighted by Crippen LogP contribution is 2.35. The number of ether oxygens (including phenoxy) is 1. The van der Waals surface area contributed by atoms with Crippen molar-refractivity contribution in [1.82, 2.24) is 0 Å². The molecule has 3 aromatic rings. The van der Waals surface area contributed by atoms with E-state index < -0.39 is 0 Å². The Bertz CT molecular complexity index is 928. The second-order valence-corrected chi connectivity index (χ2v) is 5.62. The van der Waals surface area contributed by atoms with Gasteiger partial charge >= 0.3 is 0 Å². The maximum Gasteiger partial charge on any atom is 0.178 e. The van der Waals surface area contributed by atoms with Crippen LogP contribution >= 0.6 is 0 Å². The van der Waals surface area contributed by atoms with Gasteiger partial charge in [-0.05, 0) is 41.3 Å². The zero-order chi connectivity index (χ0) is 16.2. The number of hydrogen-bond donors (Lipinski definition) is 0. The van der Waals surface area contributed by atoms with Crippen LogP contribution in [0.25, 0.3) is 5.57 Å². The summed E-state index contributed by atoms with van der Waals surface area (Å²) in [5.74, 6) is 7.31. The standard InChI is InChI=1S/C23H16O/c1-3-9-18(10-4-1)15-16-20-17-22(19-11-5-2-6-12-19)21-13-7-8-14-23(21)24-20/h1-14,17,20H/t20-/m1/s1. The molecule has 1 aliphatic heterocycles. The summed E-state index contributed by atoms with van der Waals surface area (Å²) in [7, 11) is 0. The van der Waals surface area contributed by atoms with E-state index in [0.29, 0.717) is 0 Å². The molecular weight excluding hydrogens is 292 g/mol. The molecule has 24 heavy (non-hydrogen) atoms. The Labute approximate surface area is 142 Å². The Hall–Kier alpha value is -3.24. The third kappa shape index (κ3) is 2.95. The minimum Gasteiger partial charge on any atom is -0.473 e. The second kappa shape index (κ2) is 6.48. The highest BCUT2D eigenvalue weighted by atomic mass is 16.5. The first-order chi connectivity index (χ1) is 11.9. The van der Waals surface area contributed by atoms with E-state index >= 15 is 0 Å². The van der Waals surface area contributed by atoms with Gasteiger partial charge in [0, 0.05) is 11.1 Å². The number of benzene rings is 3. The summed E-state index contributed by atoms with van der Waals surface area (Å²) in [6.07, 6.45) is 1.85. The third-order valence-electron chi connectivity index (χ3n) is 3.97. The quantitative estimate of drug-likeness (QED) is 0.579. The van der Waals surface area contributed by atoms with Crippen molar-refractivity contribution in [2.24, 2.45) is 0 Å². The molecule has 0 N–H and O–H groups in total. The van der Waals surface area contributed by atoms with Crippen molar-refractivity contribution in [3.63, 3.8) is 0 Å². The normalized spacial score (nSPS) is 15.3. The van der Waals surface area contributed by atoms with Gasteiger partial charge in [-0.2, -0.15) is 0 Å². The molecule has 1 nitrogen and oxygen atoms in total. The van der Waals surface area contributed by atoms with Gasteiger partial charge in [0.1, 0.15) is 5.75 Å². The van der Waals surface area contributed by atoms with Gasteiger partial charge in [0.15, 0.2) is 6.10 Å². The third-order valence-corrected chi connectivity index (χ3v) is 3.97. The van der Waals surface area contributed by atoms with Gasteiger partial charge in [-0.15, -0.1) is 0 Å². The largest absolute Gasteiger partial charge is 0.473 e. The van der Waals surface area contributed by atoms with E-state index in [1.807, 2.05) is 54.6 Å². The molecule has 3 aromatic carbocycles. The predicted molar refractivity (Wildman–Crippen MR) is 97.7 cm³/mol. The molecule has 1 heteroatoms. The van der Waals surface area contributed by atoms with E-state index in [0.717, 1.165) is 16.9 Å². The van der Waals surface area contributed by atoms with Crippen LogP contribution in [0.4, 0.5) is 0 Å². The number of rotatable bonds is 1. The first-order valence-electron chi connectivity index (χ1n) is 8.00. The fourth-order valence-corrected chi connectivity index (χ4v) is 2.82. The van der Waals surface area contributed by atoms with Crippen molar-refractivity contribution in [2.75, 3.05) is 0 Å². The summed E-state index contributed by atoms with van der Waals surface area (Å²) in [5.41, 5.74) is 4.46. The number of para-hydroxylation sites is 1. The predicted octanol–water partition coefficient (Wildman–Crippen LogP) is 4.93. The van der Waals surface area contributed by atoms with E-state index in [4.69, 9.17) is 4.74 Å². The lowest BCUT2D eigenvalue weighted by molar-refractivity contribution is 0.300. The van der Waals surface area contributed by atoms with Crippen molar-refractivity contribution in [3.05, 3.63) is 108 Å². The van der Waals surface area contributed by atoms with Crippen molar-refractivity contribution >= 4 is 5.57 Å². The molecular formula is C23H16O. The summed E-state index contributed by atoms with van der Waals surface area (Å²) >= 11 is 0. The van der Waals surface area contributed by atoms with E-state index in [1.165, 1.54) is 11.1 Å². The lowest BCUT2D eigenvalue weighted by atomic mass is 9.94. The van der Waals surface area contributed by atoms with Gasteiger partial charge in [-0.1, -0.05) is 72.7 Å². The van der Waals surface area contributed by atoms with E-state index in [-0.39, 0.29) is 6.10 Å². The molecule has 0 aliphatic carbocycles. The van der Waals surface area contributed by atoms with E-state index in [2.05, 4.69) is 48.2 Å². The van der Waals surface area contributed by atoms with Crippen LogP contribution < -0.4 is 4.74 Å². The Morgan fingerprint density at radius 3 is 2.17 bits per heavy atom. The highest BCUT2D eigenvalue weighted by molar-refractivity contribution is 5.84.